The van der Waals surface area contributed by atoms with Crippen LogP contribution in [0.1, 0.15) is 57.0 Å². The number of terminal acetylenes is 1. The van der Waals surface area contributed by atoms with Crippen LogP contribution in [-0.2, 0) is 0 Å². The molecule has 0 saturated carbocycles. The Bertz CT molecular complexity index is 4080. The molecule has 0 fully saturated rings. The van der Waals surface area contributed by atoms with Gasteiger partial charge in [-0.1, -0.05) is 158 Å². The highest BCUT2D eigenvalue weighted by molar-refractivity contribution is 6.10. The molecule has 0 atom stereocenters. The molecule has 0 heterocycles. The zero-order chi connectivity index (χ0) is 51.1. The van der Waals surface area contributed by atoms with Crippen molar-refractivity contribution in [3.05, 3.63) is 281 Å². The number of rotatable bonds is 12. The summed E-state index contributed by atoms with van der Waals surface area (Å²) in [5.41, 5.74) is 28.4. The molecule has 0 bridgehead atoms. The lowest BCUT2D eigenvalue weighted by atomic mass is 9.89. The molecular weight excluding hydrogens is 925 g/mol. The Hall–Kier alpha value is -9.88. The zero-order valence-corrected chi connectivity index (χ0v) is 42.0. The summed E-state index contributed by atoms with van der Waals surface area (Å²) in [5, 5.41) is 0. The number of hydrogen-bond donors (Lipinski definition) is 0. The highest BCUT2D eigenvalue weighted by Crippen LogP contribution is 2.51. The fourth-order valence-electron chi connectivity index (χ4n) is 11.3. The molecule has 3 nitrogen and oxygen atoms in total. The van der Waals surface area contributed by atoms with E-state index in [1.165, 1.54) is 89.7 Å². The van der Waals surface area contributed by atoms with E-state index < -0.39 is 0 Å². The van der Waals surface area contributed by atoms with E-state index in [0.29, 0.717) is 6.61 Å². The molecule has 0 aliphatic heterocycles. The van der Waals surface area contributed by atoms with Crippen molar-refractivity contribution in [2.75, 3.05) is 13.2 Å². The van der Waals surface area contributed by atoms with Crippen LogP contribution in [0.4, 0.5) is 0 Å². The minimum absolute atomic E-state index is 0.234. The smallest absolute Gasteiger partial charge is 0.148 e. The van der Waals surface area contributed by atoms with Crippen LogP contribution in [0.2, 0.25) is 0 Å². The Balaban J connectivity index is 0.968. The SMILES string of the molecule is C#CCOc1ccc(/C=C2\c3ccccc3-c3ccc(-c4cc(-c5ccc6c(c5)/C(=C/c5ccc(OC=C)cc5)c5ccccc5-6)cc(-c5ccc6c(c5)/C(=C/c5ccc(OCC)cc5)c5ccccc5-6)c4)cc32)cc1. The van der Waals surface area contributed by atoms with Crippen LogP contribution in [-0.4, -0.2) is 13.2 Å². The summed E-state index contributed by atoms with van der Waals surface area (Å²) in [5.74, 6) is 4.95. The second-order valence-electron chi connectivity index (χ2n) is 19.3. The Labute approximate surface area is 444 Å². The molecule has 10 aromatic carbocycles. The van der Waals surface area contributed by atoms with Gasteiger partial charge in [0.1, 0.15) is 23.9 Å². The summed E-state index contributed by atoms with van der Waals surface area (Å²) in [7, 11) is 0. The van der Waals surface area contributed by atoms with Crippen molar-refractivity contribution in [2.45, 2.75) is 6.92 Å². The van der Waals surface area contributed by atoms with Gasteiger partial charge in [-0.15, -0.1) is 6.42 Å². The standard InChI is InChI=1S/C73H50O3/c1-4-37-76-58-32-23-49(24-33-58)40-70-64-18-12-9-15-61(64)67-36-27-52(46-73(67)70)55-42-53(50-25-34-65-59-13-7-10-16-62(59)68(71(65)44-50)38-47-19-28-56(29-20-47)74-5-2)41-54(43-55)51-26-35-66-60-14-8-11-17-63(60)69(72(66)45-51)39-48-21-30-57(31-22-48)75-6-3/h1,5,7-36,38-46H,2,6,37H2,3H3/b68-38+,69-39+,70-40+. The summed E-state index contributed by atoms with van der Waals surface area (Å²) >= 11 is 0. The van der Waals surface area contributed by atoms with Crippen molar-refractivity contribution >= 4 is 34.9 Å². The fraction of sp³-hybridized carbons (Fsp3) is 0.0411. The maximum Gasteiger partial charge on any atom is 0.148 e. The summed E-state index contributed by atoms with van der Waals surface area (Å²) < 4.78 is 17.1. The Morgan fingerprint density at radius 1 is 0.355 bits per heavy atom. The van der Waals surface area contributed by atoms with Crippen molar-refractivity contribution in [3.63, 3.8) is 0 Å². The zero-order valence-electron chi connectivity index (χ0n) is 42.0. The van der Waals surface area contributed by atoms with Crippen molar-refractivity contribution < 1.29 is 14.2 Å². The first-order valence-corrected chi connectivity index (χ1v) is 25.8. The lowest BCUT2D eigenvalue weighted by Gasteiger charge is -2.15. The van der Waals surface area contributed by atoms with Crippen LogP contribution in [0.5, 0.6) is 17.2 Å². The Kier molecular flexibility index (Phi) is 11.8. The van der Waals surface area contributed by atoms with E-state index >= 15 is 0 Å². The number of fused-ring (bicyclic) bond motifs is 9. The highest BCUT2D eigenvalue weighted by Gasteiger charge is 2.27. The predicted molar refractivity (Wildman–Crippen MR) is 316 cm³/mol. The van der Waals surface area contributed by atoms with E-state index in [1.54, 1.807) is 0 Å². The number of hydrogen-bond acceptors (Lipinski definition) is 3. The molecule has 360 valence electrons. The van der Waals surface area contributed by atoms with Crippen LogP contribution in [0.25, 0.3) is 102 Å². The first-order chi connectivity index (χ1) is 37.5. The van der Waals surface area contributed by atoms with Gasteiger partial charge in [-0.25, -0.2) is 0 Å². The molecule has 0 aromatic heterocycles. The average molecular weight is 975 g/mol. The molecular formula is C73H50O3. The van der Waals surface area contributed by atoms with E-state index in [-0.39, 0.29) is 6.61 Å². The van der Waals surface area contributed by atoms with Crippen molar-refractivity contribution in [3.8, 4) is 96.4 Å². The maximum absolute atomic E-state index is 5.81. The third kappa shape index (κ3) is 8.43. The van der Waals surface area contributed by atoms with Crippen LogP contribution < -0.4 is 14.2 Å². The predicted octanol–water partition coefficient (Wildman–Crippen LogP) is 18.3. The second-order valence-corrected chi connectivity index (χ2v) is 19.3. The van der Waals surface area contributed by atoms with E-state index in [9.17, 15) is 0 Å². The number of ether oxygens (including phenoxy) is 3. The van der Waals surface area contributed by atoms with Gasteiger partial charge in [0.2, 0.25) is 0 Å². The lowest BCUT2D eigenvalue weighted by molar-refractivity contribution is 0.340. The molecule has 0 unspecified atom stereocenters. The molecule has 0 amide bonds. The van der Waals surface area contributed by atoms with E-state index in [2.05, 4.69) is 225 Å². The van der Waals surface area contributed by atoms with E-state index in [1.807, 2.05) is 31.2 Å². The molecule has 10 aromatic rings. The summed E-state index contributed by atoms with van der Waals surface area (Å²) in [6.45, 7) is 6.61. The lowest BCUT2D eigenvalue weighted by Crippen LogP contribution is -1.92. The van der Waals surface area contributed by atoms with Crippen molar-refractivity contribution in [2.24, 2.45) is 0 Å². The largest absolute Gasteiger partial charge is 0.494 e. The van der Waals surface area contributed by atoms with E-state index in [4.69, 9.17) is 20.6 Å². The Morgan fingerprint density at radius 2 is 0.684 bits per heavy atom. The molecule has 0 radical (unpaired) electrons. The van der Waals surface area contributed by atoms with Gasteiger partial charge in [0, 0.05) is 0 Å². The minimum atomic E-state index is 0.234. The van der Waals surface area contributed by atoms with Gasteiger partial charge in [0.15, 0.2) is 0 Å². The van der Waals surface area contributed by atoms with Gasteiger partial charge >= 0.3 is 0 Å². The topological polar surface area (TPSA) is 27.7 Å². The second kappa shape index (κ2) is 19.5. The first-order valence-electron chi connectivity index (χ1n) is 25.8. The van der Waals surface area contributed by atoms with Crippen molar-refractivity contribution in [1.29, 1.82) is 0 Å². The van der Waals surface area contributed by atoms with Gasteiger partial charge in [0.05, 0.1) is 12.9 Å². The van der Waals surface area contributed by atoms with Gasteiger partial charge in [0.25, 0.3) is 0 Å². The summed E-state index contributed by atoms with van der Waals surface area (Å²) in [4.78, 5) is 0. The first kappa shape index (κ1) is 45.9. The van der Waals surface area contributed by atoms with E-state index in [0.717, 1.165) is 67.3 Å². The highest BCUT2D eigenvalue weighted by atomic mass is 16.5. The monoisotopic (exact) mass is 974 g/mol. The molecule has 3 heteroatoms. The summed E-state index contributed by atoms with van der Waals surface area (Å²) in [6, 6.07) is 79.1. The van der Waals surface area contributed by atoms with Crippen LogP contribution in [0.3, 0.4) is 0 Å². The average Bonchev–Trinajstić information content (AvgIpc) is 4.11. The van der Waals surface area contributed by atoms with Gasteiger partial charge in [-0.3, -0.25) is 0 Å². The molecule has 0 spiro atoms. The normalized spacial score (nSPS) is 13.8. The fourth-order valence-corrected chi connectivity index (χ4v) is 11.3. The molecule has 13 rings (SSSR count). The van der Waals surface area contributed by atoms with Crippen LogP contribution in [0.15, 0.2) is 231 Å². The molecule has 76 heavy (non-hydrogen) atoms. The van der Waals surface area contributed by atoms with Gasteiger partial charge in [-0.05, 0) is 231 Å². The Morgan fingerprint density at radius 3 is 1.03 bits per heavy atom. The summed E-state index contributed by atoms with van der Waals surface area (Å²) in [6.07, 6.45) is 13.8. The van der Waals surface area contributed by atoms with Crippen molar-refractivity contribution in [1.82, 2.24) is 0 Å². The minimum Gasteiger partial charge on any atom is -0.494 e. The van der Waals surface area contributed by atoms with Gasteiger partial charge in [-0.2, -0.15) is 0 Å². The van der Waals surface area contributed by atoms with Crippen LogP contribution in [0, 0.1) is 12.3 Å². The molecule has 0 N–H and O–H groups in total. The molecule has 3 aliphatic carbocycles. The third-order valence-electron chi connectivity index (χ3n) is 14.8. The van der Waals surface area contributed by atoms with Crippen LogP contribution >= 0.6 is 0 Å². The quantitative estimate of drug-likeness (QED) is 0.0902. The molecule has 3 aliphatic rings. The maximum atomic E-state index is 5.81. The third-order valence-corrected chi connectivity index (χ3v) is 14.8. The number of benzene rings is 10. The molecule has 0 saturated heterocycles. The van der Waals surface area contributed by atoms with Gasteiger partial charge < -0.3 is 14.2 Å².